The Kier molecular flexibility index (Phi) is 6.69. The quantitative estimate of drug-likeness (QED) is 0.333. The first kappa shape index (κ1) is 22.3. The minimum absolute atomic E-state index is 0.0546. The summed E-state index contributed by atoms with van der Waals surface area (Å²) in [4.78, 5) is 38.4. The van der Waals surface area contributed by atoms with Crippen LogP contribution in [0.3, 0.4) is 0 Å². The Morgan fingerprint density at radius 1 is 1.48 bits per heavy atom. The summed E-state index contributed by atoms with van der Waals surface area (Å²) in [6, 6.07) is 2.89. The molecular weight excluding hydrogens is 482 g/mol. The minimum Gasteiger partial charge on any atom is -0.481 e. The Labute approximate surface area is 192 Å². The predicted octanol–water partition coefficient (Wildman–Crippen LogP) is 0.627. The van der Waals surface area contributed by atoms with Gasteiger partial charge in [-0.2, -0.15) is 10.3 Å². The van der Waals surface area contributed by atoms with Crippen LogP contribution in [-0.4, -0.2) is 82.6 Å². The van der Waals surface area contributed by atoms with Crippen LogP contribution in [0.5, 0.6) is 0 Å². The van der Waals surface area contributed by atoms with Crippen LogP contribution in [0, 0.1) is 5.41 Å². The maximum atomic E-state index is 12.6. The van der Waals surface area contributed by atoms with E-state index in [0.29, 0.717) is 10.8 Å². The summed E-state index contributed by atoms with van der Waals surface area (Å²) in [6.45, 7) is 0.0818. The van der Waals surface area contributed by atoms with E-state index in [0.717, 1.165) is 4.21 Å². The molecule has 31 heavy (non-hydrogen) atoms. The number of carboxylic acid groups (broad SMARTS) is 1. The van der Waals surface area contributed by atoms with E-state index >= 15 is 0 Å². The number of carbonyl (C=O) groups is 3. The molecule has 2 aromatic rings. The van der Waals surface area contributed by atoms with Crippen LogP contribution in [-0.2, 0) is 25.2 Å². The Hall–Kier alpha value is -1.90. The topological polar surface area (TPSA) is 145 Å². The van der Waals surface area contributed by atoms with Crippen LogP contribution in [0.2, 0.25) is 0 Å². The van der Waals surface area contributed by atoms with Gasteiger partial charge in [-0.3, -0.25) is 18.6 Å². The molecule has 0 aliphatic carbocycles. The summed E-state index contributed by atoms with van der Waals surface area (Å²) in [5.74, 6) is -0.829. The van der Waals surface area contributed by atoms with Crippen LogP contribution in [0.1, 0.15) is 6.42 Å². The largest absolute Gasteiger partial charge is 0.481 e. The third-order valence-corrected chi connectivity index (χ3v) is 10.5. The van der Waals surface area contributed by atoms with Gasteiger partial charge in [0, 0.05) is 30.2 Å². The number of rotatable bonds is 9. The van der Waals surface area contributed by atoms with Crippen molar-refractivity contribution in [3.63, 3.8) is 0 Å². The van der Waals surface area contributed by atoms with Crippen LogP contribution in [0.4, 0.5) is 0 Å². The molecule has 2 aliphatic rings. The molecule has 2 fully saturated rings. The molecule has 0 saturated carbocycles. The fraction of sp³-hybridized carbons (Fsp3) is 0.471. The van der Waals surface area contributed by atoms with Crippen molar-refractivity contribution in [3.05, 3.63) is 23.7 Å². The van der Waals surface area contributed by atoms with Gasteiger partial charge in [0.2, 0.25) is 11.8 Å². The molecule has 3 N–H and O–H groups in total. The number of β-lactam (4-membered cyclic amide) rings is 1. The van der Waals surface area contributed by atoms with E-state index in [1.807, 2.05) is 5.38 Å². The molecule has 0 radical (unpaired) electrons. The number of aliphatic carboxylic acids is 1. The summed E-state index contributed by atoms with van der Waals surface area (Å²) in [6.07, 6.45) is 1.57. The van der Waals surface area contributed by atoms with E-state index in [9.17, 15) is 23.7 Å². The Balaban J connectivity index is 1.30. The van der Waals surface area contributed by atoms with Gasteiger partial charge in [0.05, 0.1) is 21.2 Å². The first-order chi connectivity index (χ1) is 14.9. The van der Waals surface area contributed by atoms with E-state index in [2.05, 4.69) is 20.7 Å². The average Bonchev–Trinajstić information content (AvgIpc) is 3.48. The number of carboxylic acids is 1. The lowest BCUT2D eigenvalue weighted by Crippen LogP contribution is -2.74. The van der Waals surface area contributed by atoms with Crippen LogP contribution >= 0.6 is 34.9 Å². The molecule has 3 unspecified atom stereocenters. The van der Waals surface area contributed by atoms with Crippen molar-refractivity contribution in [3.8, 4) is 0 Å². The van der Waals surface area contributed by atoms with Gasteiger partial charge in [0.1, 0.15) is 21.9 Å². The molecule has 2 amide bonds. The predicted molar refractivity (Wildman–Crippen MR) is 117 cm³/mol. The SMILES string of the molecule is O=C(CCS(=O)c1cccs1)NC1C(=O)N2CC(CSc3cn[nH]n3)(C(=O)O)CS[C@H]12. The molecule has 4 atom stereocenters. The highest BCUT2D eigenvalue weighted by Gasteiger charge is 2.57. The second kappa shape index (κ2) is 9.30. The van der Waals surface area contributed by atoms with Gasteiger partial charge in [-0.05, 0) is 11.4 Å². The van der Waals surface area contributed by atoms with Gasteiger partial charge in [0.15, 0.2) is 0 Å². The lowest BCUT2D eigenvalue weighted by Gasteiger charge is -2.53. The van der Waals surface area contributed by atoms with Gasteiger partial charge in [0.25, 0.3) is 0 Å². The molecule has 166 valence electrons. The molecule has 4 heterocycles. The van der Waals surface area contributed by atoms with Crippen molar-refractivity contribution < 1.29 is 23.7 Å². The van der Waals surface area contributed by atoms with Crippen molar-refractivity contribution >= 4 is 63.4 Å². The Bertz CT molecular complexity index is 985. The number of amides is 2. The Morgan fingerprint density at radius 3 is 3.00 bits per heavy atom. The van der Waals surface area contributed by atoms with Crippen LogP contribution in [0.25, 0.3) is 0 Å². The van der Waals surface area contributed by atoms with Crippen molar-refractivity contribution in [2.24, 2.45) is 5.41 Å². The highest BCUT2D eigenvalue weighted by Crippen LogP contribution is 2.44. The number of fused-ring (bicyclic) bond motifs is 1. The van der Waals surface area contributed by atoms with Crippen molar-refractivity contribution in [2.45, 2.75) is 27.1 Å². The van der Waals surface area contributed by atoms with E-state index in [1.54, 1.807) is 12.1 Å². The van der Waals surface area contributed by atoms with Gasteiger partial charge >= 0.3 is 5.97 Å². The fourth-order valence-electron chi connectivity index (χ4n) is 3.30. The average molecular weight is 502 g/mol. The van der Waals surface area contributed by atoms with Gasteiger partial charge in [-0.15, -0.1) is 40.0 Å². The lowest BCUT2D eigenvalue weighted by molar-refractivity contribution is -0.157. The lowest BCUT2D eigenvalue weighted by atomic mass is 9.89. The van der Waals surface area contributed by atoms with Crippen LogP contribution in [0.15, 0.2) is 32.9 Å². The molecular formula is C17H19N5O5S4. The number of nitrogens with zero attached hydrogens (tertiary/aromatic N) is 3. The first-order valence-corrected chi connectivity index (χ1v) is 13.5. The van der Waals surface area contributed by atoms with Gasteiger partial charge in [-0.1, -0.05) is 6.07 Å². The third-order valence-electron chi connectivity index (χ3n) is 5.04. The normalized spacial score (nSPS) is 26.1. The minimum atomic E-state index is -1.24. The number of carbonyl (C=O) groups excluding carboxylic acids is 2. The Morgan fingerprint density at radius 2 is 2.32 bits per heavy atom. The molecule has 14 heteroatoms. The second-order valence-electron chi connectivity index (χ2n) is 7.13. The van der Waals surface area contributed by atoms with Crippen molar-refractivity contribution in [1.29, 1.82) is 0 Å². The summed E-state index contributed by atoms with van der Waals surface area (Å²) in [5, 5.41) is 24.8. The van der Waals surface area contributed by atoms with Gasteiger partial charge < -0.3 is 15.3 Å². The summed E-state index contributed by atoms with van der Waals surface area (Å²) < 4.78 is 12.9. The maximum Gasteiger partial charge on any atom is 0.313 e. The molecule has 0 bridgehead atoms. The number of hydrogen-bond donors (Lipinski definition) is 3. The zero-order valence-electron chi connectivity index (χ0n) is 16.1. The number of thiophene rings is 1. The molecule has 2 aromatic heterocycles. The number of nitrogens with one attached hydrogen (secondary N) is 2. The number of thioether (sulfide) groups is 2. The highest BCUT2D eigenvalue weighted by atomic mass is 32.2. The molecule has 4 rings (SSSR count). The number of aromatic nitrogens is 3. The maximum absolute atomic E-state index is 12.6. The molecule has 2 saturated heterocycles. The fourth-order valence-corrected chi connectivity index (χ4v) is 8.04. The molecule has 10 nitrogen and oxygen atoms in total. The number of hydrogen-bond acceptors (Lipinski definition) is 9. The van der Waals surface area contributed by atoms with Gasteiger partial charge in [-0.25, -0.2) is 0 Å². The molecule has 2 aliphatic heterocycles. The smallest absolute Gasteiger partial charge is 0.313 e. The zero-order valence-corrected chi connectivity index (χ0v) is 19.3. The van der Waals surface area contributed by atoms with Crippen molar-refractivity contribution in [1.82, 2.24) is 25.6 Å². The highest BCUT2D eigenvalue weighted by molar-refractivity contribution is 8.00. The monoisotopic (exact) mass is 501 g/mol. The van der Waals surface area contributed by atoms with E-state index in [-0.39, 0.29) is 41.7 Å². The van der Waals surface area contributed by atoms with E-state index < -0.39 is 28.2 Å². The molecule has 0 aromatic carbocycles. The summed E-state index contributed by atoms with van der Waals surface area (Å²) in [5.41, 5.74) is -1.10. The standard InChI is InChI=1S/C17H19N5O5S4/c23-10(3-5-31(27)12-2-1-4-28-12)19-13-14(24)22-7-17(16(25)26,9-30-15(13)22)8-29-11-6-18-21-20-11/h1-2,4,6,13,15H,3,5,7-9H2,(H,19,23)(H,25,26)(H,18,20,21)/t13?,15-,17?,31?/m1/s1. The first-order valence-electron chi connectivity index (χ1n) is 9.25. The van der Waals surface area contributed by atoms with E-state index in [4.69, 9.17) is 0 Å². The zero-order chi connectivity index (χ0) is 22.0. The van der Waals surface area contributed by atoms with E-state index in [1.165, 1.54) is 46.0 Å². The second-order valence-corrected chi connectivity index (χ2v) is 12.0. The van der Waals surface area contributed by atoms with Crippen LogP contribution < -0.4 is 5.32 Å². The molecule has 0 spiro atoms. The number of aromatic amines is 1. The third kappa shape index (κ3) is 4.66. The summed E-state index contributed by atoms with van der Waals surface area (Å²) in [7, 11) is -1.24. The summed E-state index contributed by atoms with van der Waals surface area (Å²) >= 11 is 4.01. The number of H-pyrrole nitrogens is 1. The van der Waals surface area contributed by atoms with Crippen molar-refractivity contribution in [2.75, 3.05) is 23.8 Å².